The highest BCUT2D eigenvalue weighted by Gasteiger charge is 2.34. The van der Waals surface area contributed by atoms with Crippen molar-refractivity contribution in [3.8, 4) is 6.07 Å². The number of thiophene rings is 1. The number of nitrogens with zero attached hydrogens (tertiary/aromatic N) is 1. The molecule has 1 aromatic rings. The van der Waals surface area contributed by atoms with E-state index in [2.05, 4.69) is 32.2 Å². The molecule has 1 aromatic heterocycles. The van der Waals surface area contributed by atoms with Gasteiger partial charge in [-0.1, -0.05) is 52.9 Å². The highest BCUT2D eigenvalue weighted by molar-refractivity contribution is 7.16. The number of amides is 1. The van der Waals surface area contributed by atoms with Crippen LogP contribution in [0.25, 0.3) is 0 Å². The molecular weight excluding hydrogens is 340 g/mol. The Labute approximate surface area is 162 Å². The molecule has 0 aliphatic heterocycles. The number of nitriles is 1. The van der Waals surface area contributed by atoms with Crippen molar-refractivity contribution in [1.82, 2.24) is 0 Å². The number of fused-ring (bicyclic) bond motifs is 1. The summed E-state index contributed by atoms with van der Waals surface area (Å²) in [5, 5.41) is 13.5. The van der Waals surface area contributed by atoms with Crippen molar-refractivity contribution in [3.05, 3.63) is 16.0 Å². The van der Waals surface area contributed by atoms with E-state index in [4.69, 9.17) is 0 Å². The molecule has 0 saturated heterocycles. The second kappa shape index (κ2) is 8.13. The van der Waals surface area contributed by atoms with Crippen molar-refractivity contribution in [2.45, 2.75) is 85.0 Å². The highest BCUT2D eigenvalue weighted by atomic mass is 32.1. The van der Waals surface area contributed by atoms with Crippen molar-refractivity contribution in [2.75, 3.05) is 5.32 Å². The molecule has 3 nitrogen and oxygen atoms in total. The summed E-state index contributed by atoms with van der Waals surface area (Å²) in [6, 6.07) is 2.37. The molecule has 1 heterocycles. The minimum absolute atomic E-state index is 0.0810. The largest absolute Gasteiger partial charge is 0.317 e. The van der Waals surface area contributed by atoms with Crippen LogP contribution in [0.15, 0.2) is 0 Å². The van der Waals surface area contributed by atoms with Crippen LogP contribution < -0.4 is 5.32 Å². The maximum atomic E-state index is 12.4. The van der Waals surface area contributed by atoms with Crippen molar-refractivity contribution in [2.24, 2.45) is 17.3 Å². The van der Waals surface area contributed by atoms with Crippen molar-refractivity contribution < 1.29 is 4.79 Å². The lowest BCUT2D eigenvalue weighted by Gasteiger charge is -2.36. The van der Waals surface area contributed by atoms with Gasteiger partial charge in [0.1, 0.15) is 11.1 Å². The third kappa shape index (κ3) is 4.14. The van der Waals surface area contributed by atoms with Crippen LogP contribution >= 0.6 is 11.3 Å². The molecule has 4 heteroatoms. The molecule has 26 heavy (non-hydrogen) atoms. The van der Waals surface area contributed by atoms with Gasteiger partial charge in [0.15, 0.2) is 0 Å². The fourth-order valence-electron chi connectivity index (χ4n) is 4.57. The second-order valence-corrected chi connectivity index (χ2v) is 9.94. The van der Waals surface area contributed by atoms with Gasteiger partial charge >= 0.3 is 0 Å². The first-order chi connectivity index (χ1) is 12.4. The predicted octanol–water partition coefficient (Wildman–Crippen LogP) is 6.07. The Balaban J connectivity index is 1.67. The summed E-state index contributed by atoms with van der Waals surface area (Å²) in [7, 11) is 0. The number of rotatable bonds is 6. The molecular formula is C22H32N2OS. The Bertz CT molecular complexity index is 692. The Morgan fingerprint density at radius 1 is 1.31 bits per heavy atom. The number of nitrogens with one attached hydrogen (secondary N) is 1. The number of hydrogen-bond donors (Lipinski definition) is 1. The van der Waals surface area contributed by atoms with E-state index in [-0.39, 0.29) is 5.91 Å². The monoisotopic (exact) mass is 372 g/mol. The third-order valence-corrected chi connectivity index (χ3v) is 8.07. The number of anilines is 1. The molecule has 2 aliphatic carbocycles. The molecule has 3 rings (SSSR count). The molecule has 1 saturated carbocycles. The SMILES string of the molecule is CCC(C)(C)C1CCc2c(sc(NC(=O)CCC3CCCC3)c2C#N)C1. The first-order valence-electron chi connectivity index (χ1n) is 10.3. The zero-order valence-corrected chi connectivity index (χ0v) is 17.3. The van der Waals surface area contributed by atoms with E-state index in [1.807, 2.05) is 0 Å². The smallest absolute Gasteiger partial charge is 0.225 e. The summed E-state index contributed by atoms with van der Waals surface area (Å²) in [5.41, 5.74) is 2.26. The molecule has 142 valence electrons. The van der Waals surface area contributed by atoms with Crippen molar-refractivity contribution in [3.63, 3.8) is 0 Å². The summed E-state index contributed by atoms with van der Waals surface area (Å²) in [6.45, 7) is 6.97. The fraction of sp³-hybridized carbons (Fsp3) is 0.727. The average molecular weight is 373 g/mol. The molecule has 0 bridgehead atoms. The van der Waals surface area contributed by atoms with Gasteiger partial charge in [-0.25, -0.2) is 0 Å². The maximum absolute atomic E-state index is 12.4. The standard InChI is InChI=1S/C22H32N2OS/c1-4-22(2,3)16-10-11-17-18(14-23)21(26-19(17)13-16)24-20(25)12-9-15-7-5-6-8-15/h15-16H,4-13H2,1-3H3,(H,24,25). The summed E-state index contributed by atoms with van der Waals surface area (Å²) in [4.78, 5) is 13.7. The molecule has 1 N–H and O–H groups in total. The lowest BCUT2D eigenvalue weighted by atomic mass is 9.69. The molecule has 0 radical (unpaired) electrons. The van der Waals surface area contributed by atoms with Gasteiger partial charge in [0, 0.05) is 11.3 Å². The van der Waals surface area contributed by atoms with Gasteiger partial charge in [0.2, 0.25) is 5.91 Å². The van der Waals surface area contributed by atoms with Gasteiger partial charge in [0.25, 0.3) is 0 Å². The Morgan fingerprint density at radius 2 is 2.04 bits per heavy atom. The molecule has 0 spiro atoms. The van der Waals surface area contributed by atoms with E-state index >= 15 is 0 Å². The number of carbonyl (C=O) groups excluding carboxylic acids is 1. The normalized spacial score (nSPS) is 20.6. The first-order valence-corrected chi connectivity index (χ1v) is 11.1. The van der Waals surface area contributed by atoms with Crippen LogP contribution in [-0.2, 0) is 17.6 Å². The van der Waals surface area contributed by atoms with Crippen LogP contribution in [0.4, 0.5) is 5.00 Å². The topological polar surface area (TPSA) is 52.9 Å². The third-order valence-electron chi connectivity index (χ3n) is 6.90. The first kappa shape index (κ1) is 19.4. The van der Waals surface area contributed by atoms with Crippen LogP contribution in [0, 0.1) is 28.6 Å². The van der Waals surface area contributed by atoms with Gasteiger partial charge in [-0.2, -0.15) is 5.26 Å². The molecule has 1 amide bonds. The molecule has 0 aromatic carbocycles. The Kier molecular flexibility index (Phi) is 6.07. The molecule has 1 atom stereocenters. The summed E-state index contributed by atoms with van der Waals surface area (Å²) < 4.78 is 0. The van der Waals surface area contributed by atoms with Gasteiger partial charge in [0.05, 0.1) is 5.56 Å². The van der Waals surface area contributed by atoms with Gasteiger partial charge in [-0.3, -0.25) is 4.79 Å². The molecule has 2 aliphatic rings. The van der Waals surface area contributed by atoms with E-state index in [0.29, 0.717) is 17.8 Å². The van der Waals surface area contributed by atoms with Gasteiger partial charge in [-0.15, -0.1) is 11.3 Å². The lowest BCUT2D eigenvalue weighted by molar-refractivity contribution is -0.116. The zero-order chi connectivity index (χ0) is 18.7. The maximum Gasteiger partial charge on any atom is 0.225 e. The fourth-order valence-corrected chi connectivity index (χ4v) is 5.87. The van der Waals surface area contributed by atoms with Gasteiger partial charge < -0.3 is 5.32 Å². The van der Waals surface area contributed by atoms with E-state index in [1.54, 1.807) is 11.3 Å². The van der Waals surface area contributed by atoms with Crippen molar-refractivity contribution >= 4 is 22.2 Å². The van der Waals surface area contributed by atoms with E-state index in [1.165, 1.54) is 42.5 Å². The quantitative estimate of drug-likeness (QED) is 0.659. The summed E-state index contributed by atoms with van der Waals surface area (Å²) >= 11 is 1.65. The van der Waals surface area contributed by atoms with Crippen LogP contribution in [0.2, 0.25) is 0 Å². The van der Waals surface area contributed by atoms with E-state index in [9.17, 15) is 10.1 Å². The predicted molar refractivity (Wildman–Crippen MR) is 108 cm³/mol. The minimum atomic E-state index is 0.0810. The Hall–Kier alpha value is -1.34. The van der Waals surface area contributed by atoms with E-state index < -0.39 is 0 Å². The zero-order valence-electron chi connectivity index (χ0n) is 16.5. The van der Waals surface area contributed by atoms with Crippen LogP contribution in [0.3, 0.4) is 0 Å². The average Bonchev–Trinajstić information content (AvgIpc) is 3.26. The highest BCUT2D eigenvalue weighted by Crippen LogP contribution is 2.45. The van der Waals surface area contributed by atoms with Gasteiger partial charge in [-0.05, 0) is 48.5 Å². The van der Waals surface area contributed by atoms with Crippen LogP contribution in [0.1, 0.15) is 88.1 Å². The molecule has 1 fully saturated rings. The lowest BCUT2D eigenvalue weighted by Crippen LogP contribution is -2.28. The number of hydrogen-bond acceptors (Lipinski definition) is 3. The van der Waals surface area contributed by atoms with Crippen LogP contribution in [0.5, 0.6) is 0 Å². The molecule has 1 unspecified atom stereocenters. The summed E-state index contributed by atoms with van der Waals surface area (Å²) in [6.07, 6.45) is 11.1. The van der Waals surface area contributed by atoms with Crippen LogP contribution in [-0.4, -0.2) is 5.91 Å². The summed E-state index contributed by atoms with van der Waals surface area (Å²) in [5.74, 6) is 1.47. The second-order valence-electron chi connectivity index (χ2n) is 8.84. The van der Waals surface area contributed by atoms with Crippen molar-refractivity contribution in [1.29, 1.82) is 5.26 Å². The number of carbonyl (C=O) groups is 1. The van der Waals surface area contributed by atoms with E-state index in [0.717, 1.165) is 42.2 Å². The minimum Gasteiger partial charge on any atom is -0.317 e. The Morgan fingerprint density at radius 3 is 2.69 bits per heavy atom.